The summed E-state index contributed by atoms with van der Waals surface area (Å²) in [6.07, 6.45) is 1.72. The summed E-state index contributed by atoms with van der Waals surface area (Å²) in [5.41, 5.74) is 4.21. The topological polar surface area (TPSA) is 73.1 Å². The summed E-state index contributed by atoms with van der Waals surface area (Å²) in [5, 5.41) is 5.25. The van der Waals surface area contributed by atoms with Crippen LogP contribution in [0.1, 0.15) is 17.0 Å². The highest BCUT2D eigenvalue weighted by atomic mass is 79.9. The number of aryl methyl sites for hydroxylation is 3. The molecule has 0 fully saturated rings. The maximum atomic E-state index is 13.2. The second-order valence-corrected chi connectivity index (χ2v) is 8.19. The van der Waals surface area contributed by atoms with Crippen LogP contribution in [0.2, 0.25) is 0 Å². The number of hydrogen-bond donors (Lipinski definition) is 0. The fraction of sp³-hybridized carbons (Fsp3) is 0.217. The average Bonchev–Trinajstić information content (AvgIpc) is 3.07. The molecule has 3 heterocycles. The summed E-state index contributed by atoms with van der Waals surface area (Å²) in [7, 11) is 1.82. The van der Waals surface area contributed by atoms with Gasteiger partial charge in [-0.15, -0.1) is 5.10 Å². The quantitative estimate of drug-likeness (QED) is 0.410. The van der Waals surface area contributed by atoms with Crippen molar-refractivity contribution >= 4 is 38.6 Å². The van der Waals surface area contributed by atoms with Gasteiger partial charge in [-0.05, 0) is 61.9 Å². The number of halogens is 1. The van der Waals surface area contributed by atoms with Crippen LogP contribution < -0.4 is 9.64 Å². The number of aromatic nitrogens is 4. The minimum absolute atomic E-state index is 0.150. The number of anilines is 1. The highest BCUT2D eigenvalue weighted by molar-refractivity contribution is 9.10. The second kappa shape index (κ2) is 8.85. The molecule has 31 heavy (non-hydrogen) atoms. The van der Waals surface area contributed by atoms with Crippen molar-refractivity contribution in [2.75, 3.05) is 11.5 Å². The van der Waals surface area contributed by atoms with E-state index >= 15 is 0 Å². The van der Waals surface area contributed by atoms with Crippen LogP contribution in [0.25, 0.3) is 11.0 Å². The van der Waals surface area contributed by atoms with Crippen LogP contribution in [-0.2, 0) is 18.4 Å². The molecule has 0 spiro atoms. The molecule has 158 valence electrons. The predicted octanol–water partition coefficient (Wildman–Crippen LogP) is 4.35. The van der Waals surface area contributed by atoms with Crippen molar-refractivity contribution in [3.8, 4) is 5.88 Å². The van der Waals surface area contributed by atoms with Crippen molar-refractivity contribution in [2.24, 2.45) is 7.05 Å². The maximum Gasteiger partial charge on any atom is 0.265 e. The molecule has 4 rings (SSSR count). The molecule has 0 bridgehead atoms. The van der Waals surface area contributed by atoms with Gasteiger partial charge in [0.15, 0.2) is 12.3 Å². The van der Waals surface area contributed by atoms with Gasteiger partial charge in [0.05, 0.1) is 17.6 Å². The number of benzene rings is 1. The standard InChI is InChI=1S/C23H22BrN5O2/c1-15-12-16(2)26-22-21(15)23(27-28(22)3)31-14-20(30)29(13-18-6-4-5-11-25-18)19-9-7-17(24)8-10-19/h4-12H,13-14H2,1-3H3. The monoisotopic (exact) mass is 479 g/mol. The number of nitrogens with zero attached hydrogens (tertiary/aromatic N) is 5. The zero-order valence-electron chi connectivity index (χ0n) is 17.5. The SMILES string of the molecule is Cc1cc(C)c2c(OCC(=O)N(Cc3ccccn3)c3ccc(Br)cc3)nn(C)c2n1. The third-order valence-corrected chi connectivity index (χ3v) is 5.43. The largest absolute Gasteiger partial charge is 0.466 e. The Labute approximate surface area is 188 Å². The van der Waals surface area contributed by atoms with Gasteiger partial charge >= 0.3 is 0 Å². The Morgan fingerprint density at radius 3 is 2.65 bits per heavy atom. The summed E-state index contributed by atoms with van der Waals surface area (Å²) >= 11 is 3.44. The van der Waals surface area contributed by atoms with Gasteiger partial charge in [0.1, 0.15) is 0 Å². The van der Waals surface area contributed by atoms with E-state index in [2.05, 4.69) is 31.0 Å². The molecular weight excluding hydrogens is 458 g/mol. The van der Waals surface area contributed by atoms with E-state index < -0.39 is 0 Å². The molecule has 0 aliphatic heterocycles. The Morgan fingerprint density at radius 1 is 1.16 bits per heavy atom. The van der Waals surface area contributed by atoms with Crippen molar-refractivity contribution in [1.29, 1.82) is 0 Å². The van der Waals surface area contributed by atoms with Gasteiger partial charge in [0, 0.05) is 29.1 Å². The number of pyridine rings is 2. The number of fused-ring (bicyclic) bond motifs is 1. The number of amides is 1. The summed E-state index contributed by atoms with van der Waals surface area (Å²) < 4.78 is 8.51. The lowest BCUT2D eigenvalue weighted by Gasteiger charge is -2.22. The summed E-state index contributed by atoms with van der Waals surface area (Å²) in [5.74, 6) is 0.217. The Balaban J connectivity index is 1.59. The number of ether oxygens (including phenoxy) is 1. The molecule has 0 aliphatic carbocycles. The molecule has 7 nitrogen and oxygen atoms in total. The van der Waals surface area contributed by atoms with Crippen molar-refractivity contribution in [3.63, 3.8) is 0 Å². The molecule has 0 N–H and O–H groups in total. The molecule has 4 aromatic rings. The van der Waals surface area contributed by atoms with Crippen LogP contribution in [0.15, 0.2) is 59.2 Å². The minimum atomic E-state index is -0.190. The van der Waals surface area contributed by atoms with Gasteiger partial charge in [0.2, 0.25) is 5.88 Å². The minimum Gasteiger partial charge on any atom is -0.466 e. The molecule has 8 heteroatoms. The van der Waals surface area contributed by atoms with E-state index in [0.29, 0.717) is 12.4 Å². The number of rotatable bonds is 6. The van der Waals surface area contributed by atoms with Crippen molar-refractivity contribution in [3.05, 3.63) is 76.2 Å². The zero-order valence-corrected chi connectivity index (χ0v) is 19.1. The summed E-state index contributed by atoms with van der Waals surface area (Å²) in [4.78, 5) is 23.8. The Morgan fingerprint density at radius 2 is 1.94 bits per heavy atom. The lowest BCUT2D eigenvalue weighted by atomic mass is 10.2. The molecule has 1 amide bonds. The van der Waals surface area contributed by atoms with Gasteiger partial charge in [0.25, 0.3) is 5.91 Å². The van der Waals surface area contributed by atoms with E-state index in [0.717, 1.165) is 38.1 Å². The van der Waals surface area contributed by atoms with Crippen LogP contribution in [-0.4, -0.2) is 32.3 Å². The molecular formula is C23H22BrN5O2. The molecule has 1 aromatic carbocycles. The van der Waals surface area contributed by atoms with Crippen molar-refractivity contribution in [1.82, 2.24) is 19.7 Å². The maximum absolute atomic E-state index is 13.2. The third-order valence-electron chi connectivity index (χ3n) is 4.90. The van der Waals surface area contributed by atoms with E-state index in [4.69, 9.17) is 4.74 Å². The fourth-order valence-corrected chi connectivity index (χ4v) is 3.72. The molecule has 0 atom stereocenters. The first-order valence-corrected chi connectivity index (χ1v) is 10.6. The van der Waals surface area contributed by atoms with E-state index in [1.165, 1.54) is 0 Å². The second-order valence-electron chi connectivity index (χ2n) is 7.27. The van der Waals surface area contributed by atoms with Gasteiger partial charge in [-0.2, -0.15) is 0 Å². The molecule has 0 aliphatic rings. The Bertz CT molecular complexity index is 1220. The smallest absolute Gasteiger partial charge is 0.265 e. The molecule has 0 unspecified atom stereocenters. The predicted molar refractivity (Wildman–Crippen MR) is 123 cm³/mol. The Kier molecular flexibility index (Phi) is 5.99. The van der Waals surface area contributed by atoms with E-state index in [1.807, 2.05) is 69.4 Å². The Hall–Kier alpha value is -3.26. The van der Waals surface area contributed by atoms with Gasteiger partial charge in [-0.1, -0.05) is 22.0 Å². The highest BCUT2D eigenvalue weighted by Crippen LogP contribution is 2.27. The van der Waals surface area contributed by atoms with E-state index in [9.17, 15) is 4.79 Å². The third kappa shape index (κ3) is 4.59. The van der Waals surface area contributed by atoms with Gasteiger partial charge in [-0.25, -0.2) is 9.67 Å². The number of hydrogen-bond acceptors (Lipinski definition) is 5. The first-order valence-electron chi connectivity index (χ1n) is 9.82. The highest BCUT2D eigenvalue weighted by Gasteiger charge is 2.20. The van der Waals surface area contributed by atoms with Crippen LogP contribution >= 0.6 is 15.9 Å². The molecule has 3 aromatic heterocycles. The number of carbonyl (C=O) groups excluding carboxylic acids is 1. The zero-order chi connectivity index (χ0) is 22.0. The molecule has 0 radical (unpaired) electrons. The fourth-order valence-electron chi connectivity index (χ4n) is 3.46. The van der Waals surface area contributed by atoms with Gasteiger partial charge in [-0.3, -0.25) is 9.78 Å². The van der Waals surface area contributed by atoms with E-state index in [1.54, 1.807) is 15.8 Å². The van der Waals surface area contributed by atoms with Crippen LogP contribution in [0.3, 0.4) is 0 Å². The van der Waals surface area contributed by atoms with Crippen molar-refractivity contribution in [2.45, 2.75) is 20.4 Å². The molecule has 0 saturated heterocycles. The van der Waals surface area contributed by atoms with E-state index in [-0.39, 0.29) is 12.5 Å². The van der Waals surface area contributed by atoms with Crippen LogP contribution in [0.4, 0.5) is 5.69 Å². The lowest BCUT2D eigenvalue weighted by Crippen LogP contribution is -2.34. The van der Waals surface area contributed by atoms with Crippen LogP contribution in [0.5, 0.6) is 5.88 Å². The van der Waals surface area contributed by atoms with Gasteiger partial charge < -0.3 is 9.64 Å². The normalized spacial score (nSPS) is 11.0. The lowest BCUT2D eigenvalue weighted by molar-refractivity contribution is -0.120. The molecule has 0 saturated carbocycles. The number of carbonyl (C=O) groups is 1. The average molecular weight is 480 g/mol. The first-order chi connectivity index (χ1) is 14.9. The summed E-state index contributed by atoms with van der Waals surface area (Å²) in [6, 6.07) is 15.2. The first kappa shape index (κ1) is 21.0. The van der Waals surface area contributed by atoms with Crippen molar-refractivity contribution < 1.29 is 9.53 Å². The summed E-state index contributed by atoms with van der Waals surface area (Å²) in [6.45, 7) is 4.12. The van der Waals surface area contributed by atoms with Crippen LogP contribution in [0, 0.1) is 13.8 Å².